The molecule has 0 radical (unpaired) electrons. The molecule has 2 heteroatoms. The molecular formula is C19H24O2. The Hall–Kier alpha value is -1.96. The smallest absolute Gasteiger partial charge is 0.122 e. The van der Waals surface area contributed by atoms with Gasteiger partial charge in [-0.05, 0) is 65.3 Å². The molecule has 2 aromatic carbocycles. The lowest BCUT2D eigenvalue weighted by atomic mass is 9.82. The van der Waals surface area contributed by atoms with Crippen LogP contribution in [0, 0.1) is 6.92 Å². The topological polar surface area (TPSA) is 40.5 Å². The summed E-state index contributed by atoms with van der Waals surface area (Å²) in [6.07, 6.45) is 0.791. The molecular weight excluding hydrogens is 260 g/mol. The summed E-state index contributed by atoms with van der Waals surface area (Å²) in [5.74, 6) is 0.716. The van der Waals surface area contributed by atoms with Gasteiger partial charge in [0.25, 0.3) is 0 Å². The molecule has 0 aromatic heterocycles. The number of hydrogen-bond acceptors (Lipinski definition) is 2. The van der Waals surface area contributed by atoms with Gasteiger partial charge in [0.15, 0.2) is 0 Å². The van der Waals surface area contributed by atoms with Crippen molar-refractivity contribution >= 4 is 0 Å². The van der Waals surface area contributed by atoms with Crippen molar-refractivity contribution in [1.29, 1.82) is 0 Å². The van der Waals surface area contributed by atoms with Crippen LogP contribution in [-0.2, 0) is 11.8 Å². The van der Waals surface area contributed by atoms with Crippen LogP contribution in [0.2, 0.25) is 0 Å². The van der Waals surface area contributed by atoms with Crippen LogP contribution in [0.25, 0.3) is 11.1 Å². The van der Waals surface area contributed by atoms with E-state index >= 15 is 0 Å². The van der Waals surface area contributed by atoms with Gasteiger partial charge in [-0.1, -0.05) is 33.8 Å². The summed E-state index contributed by atoms with van der Waals surface area (Å²) in [5.41, 5.74) is 4.81. The molecule has 2 rings (SSSR count). The first-order valence-electron chi connectivity index (χ1n) is 7.40. The third-order valence-corrected chi connectivity index (χ3v) is 3.91. The van der Waals surface area contributed by atoms with Gasteiger partial charge in [-0.3, -0.25) is 0 Å². The van der Waals surface area contributed by atoms with Crippen LogP contribution in [-0.4, -0.2) is 10.2 Å². The average molecular weight is 284 g/mol. The van der Waals surface area contributed by atoms with E-state index in [2.05, 4.69) is 26.8 Å². The Labute approximate surface area is 127 Å². The number of rotatable bonds is 2. The molecule has 112 valence electrons. The van der Waals surface area contributed by atoms with E-state index in [1.807, 2.05) is 32.0 Å². The fraction of sp³-hybridized carbons (Fsp3) is 0.368. The number of phenolic OH excluding ortho intramolecular Hbond substituents is 2. The second kappa shape index (κ2) is 5.44. The van der Waals surface area contributed by atoms with Crippen molar-refractivity contribution in [3.8, 4) is 22.6 Å². The largest absolute Gasteiger partial charge is 0.508 e. The van der Waals surface area contributed by atoms with Crippen molar-refractivity contribution in [3.63, 3.8) is 0 Å². The average Bonchev–Trinajstić information content (AvgIpc) is 2.41. The second-order valence-corrected chi connectivity index (χ2v) is 6.64. The first kappa shape index (κ1) is 15.4. The van der Waals surface area contributed by atoms with Crippen molar-refractivity contribution in [2.24, 2.45) is 0 Å². The summed E-state index contributed by atoms with van der Waals surface area (Å²) >= 11 is 0. The lowest BCUT2D eigenvalue weighted by Gasteiger charge is -2.23. The minimum atomic E-state index is -0.115. The zero-order valence-corrected chi connectivity index (χ0v) is 13.5. The molecule has 0 amide bonds. The van der Waals surface area contributed by atoms with E-state index in [1.165, 1.54) is 0 Å². The highest BCUT2D eigenvalue weighted by Crippen LogP contribution is 2.38. The van der Waals surface area contributed by atoms with E-state index in [0.29, 0.717) is 11.5 Å². The van der Waals surface area contributed by atoms with Crippen molar-refractivity contribution in [1.82, 2.24) is 0 Å². The first-order valence-corrected chi connectivity index (χ1v) is 7.40. The fourth-order valence-corrected chi connectivity index (χ4v) is 2.54. The summed E-state index contributed by atoms with van der Waals surface area (Å²) < 4.78 is 0. The first-order chi connectivity index (χ1) is 9.74. The zero-order chi connectivity index (χ0) is 15.8. The highest BCUT2D eigenvalue weighted by atomic mass is 16.3. The maximum absolute atomic E-state index is 10.5. The summed E-state index contributed by atoms with van der Waals surface area (Å²) in [4.78, 5) is 0. The maximum atomic E-state index is 10.5. The van der Waals surface area contributed by atoms with E-state index in [1.54, 1.807) is 6.07 Å². The molecule has 0 fully saturated rings. The molecule has 0 heterocycles. The molecule has 0 atom stereocenters. The molecule has 0 saturated carbocycles. The quantitative estimate of drug-likeness (QED) is 0.820. The Bertz CT molecular complexity index is 664. The minimum Gasteiger partial charge on any atom is -0.508 e. The molecule has 0 spiro atoms. The van der Waals surface area contributed by atoms with Crippen LogP contribution in [0.4, 0.5) is 0 Å². The Morgan fingerprint density at radius 3 is 2.14 bits per heavy atom. The molecule has 0 aliphatic rings. The van der Waals surface area contributed by atoms with Crippen LogP contribution in [0.5, 0.6) is 11.5 Å². The highest BCUT2D eigenvalue weighted by Gasteiger charge is 2.21. The van der Waals surface area contributed by atoms with Gasteiger partial charge in [0.05, 0.1) is 0 Å². The Morgan fingerprint density at radius 2 is 1.62 bits per heavy atom. The summed E-state index contributed by atoms with van der Waals surface area (Å²) in [5, 5.41) is 20.1. The molecule has 21 heavy (non-hydrogen) atoms. The molecule has 0 unspecified atom stereocenters. The molecule has 2 nitrogen and oxygen atoms in total. The molecule has 0 saturated heterocycles. The molecule has 0 bridgehead atoms. The van der Waals surface area contributed by atoms with Gasteiger partial charge in [0, 0.05) is 5.56 Å². The van der Waals surface area contributed by atoms with Gasteiger partial charge in [0.2, 0.25) is 0 Å². The summed E-state index contributed by atoms with van der Waals surface area (Å²) in [6.45, 7) is 10.3. The maximum Gasteiger partial charge on any atom is 0.122 e. The summed E-state index contributed by atoms with van der Waals surface area (Å²) in [6, 6.07) is 9.71. The lowest BCUT2D eigenvalue weighted by molar-refractivity contribution is 0.441. The van der Waals surface area contributed by atoms with Crippen LogP contribution >= 0.6 is 0 Å². The lowest BCUT2D eigenvalue weighted by Crippen LogP contribution is -2.12. The van der Waals surface area contributed by atoms with Gasteiger partial charge in [-0.2, -0.15) is 0 Å². The fourth-order valence-electron chi connectivity index (χ4n) is 2.54. The highest BCUT2D eigenvalue weighted by molar-refractivity contribution is 5.69. The Morgan fingerprint density at radius 1 is 0.952 bits per heavy atom. The predicted octanol–water partition coefficient (Wildman–Crippen LogP) is 4.93. The van der Waals surface area contributed by atoms with Crippen molar-refractivity contribution in [3.05, 3.63) is 47.0 Å². The summed E-state index contributed by atoms with van der Waals surface area (Å²) in [7, 11) is 0. The standard InChI is InChI=1S/C19H24O2/c1-6-13-10-15(11-16(18(13)21)19(3,4)5)14-7-8-17(20)12(2)9-14/h7-11,20-21H,6H2,1-5H3. The van der Waals surface area contributed by atoms with Crippen LogP contribution < -0.4 is 0 Å². The van der Waals surface area contributed by atoms with Gasteiger partial charge in [-0.25, -0.2) is 0 Å². The van der Waals surface area contributed by atoms with E-state index in [0.717, 1.165) is 34.2 Å². The number of phenols is 2. The van der Waals surface area contributed by atoms with Gasteiger partial charge >= 0.3 is 0 Å². The van der Waals surface area contributed by atoms with E-state index in [9.17, 15) is 10.2 Å². The molecule has 0 aliphatic carbocycles. The number of aryl methyl sites for hydroxylation is 2. The Kier molecular flexibility index (Phi) is 3.99. The van der Waals surface area contributed by atoms with Crippen molar-refractivity contribution < 1.29 is 10.2 Å². The molecule has 2 aromatic rings. The number of hydrogen-bond donors (Lipinski definition) is 2. The van der Waals surface area contributed by atoms with E-state index in [4.69, 9.17) is 0 Å². The molecule has 2 N–H and O–H groups in total. The van der Waals surface area contributed by atoms with Crippen LogP contribution in [0.15, 0.2) is 30.3 Å². The third-order valence-electron chi connectivity index (χ3n) is 3.91. The van der Waals surface area contributed by atoms with Gasteiger partial charge in [-0.15, -0.1) is 0 Å². The van der Waals surface area contributed by atoms with Crippen LogP contribution in [0.3, 0.4) is 0 Å². The number of benzene rings is 2. The third kappa shape index (κ3) is 3.05. The minimum absolute atomic E-state index is 0.115. The van der Waals surface area contributed by atoms with Gasteiger partial charge in [0.1, 0.15) is 11.5 Å². The van der Waals surface area contributed by atoms with Crippen molar-refractivity contribution in [2.75, 3.05) is 0 Å². The SMILES string of the molecule is CCc1cc(-c2ccc(O)c(C)c2)cc(C(C)(C)C)c1O. The number of aromatic hydroxyl groups is 2. The van der Waals surface area contributed by atoms with Gasteiger partial charge < -0.3 is 10.2 Å². The van der Waals surface area contributed by atoms with Crippen LogP contribution in [0.1, 0.15) is 44.4 Å². The predicted molar refractivity (Wildman–Crippen MR) is 88.0 cm³/mol. The van der Waals surface area contributed by atoms with E-state index in [-0.39, 0.29) is 5.41 Å². The second-order valence-electron chi connectivity index (χ2n) is 6.64. The van der Waals surface area contributed by atoms with E-state index < -0.39 is 0 Å². The normalized spacial score (nSPS) is 11.7. The molecule has 0 aliphatic heterocycles. The zero-order valence-electron chi connectivity index (χ0n) is 13.5. The van der Waals surface area contributed by atoms with Crippen molar-refractivity contribution in [2.45, 2.75) is 46.5 Å². The monoisotopic (exact) mass is 284 g/mol. The Balaban J connectivity index is 2.66.